The second-order valence-electron chi connectivity index (χ2n) is 6.10. The van der Waals surface area contributed by atoms with Crippen molar-refractivity contribution in [3.63, 3.8) is 0 Å². The van der Waals surface area contributed by atoms with Gasteiger partial charge < -0.3 is 9.84 Å². The van der Waals surface area contributed by atoms with Gasteiger partial charge in [-0.25, -0.2) is 19.3 Å². The molecule has 29 heavy (non-hydrogen) atoms. The van der Waals surface area contributed by atoms with Crippen LogP contribution in [0.15, 0.2) is 30.5 Å². The molecule has 1 atom stereocenters. The number of nitrogens with zero attached hydrogens (tertiary/aromatic N) is 5. The van der Waals surface area contributed by atoms with E-state index < -0.39 is 18.2 Å². The second kappa shape index (κ2) is 8.23. The number of hydrogen-bond donors (Lipinski definition) is 2. The Balaban J connectivity index is 1.81. The number of amides is 1. The number of pyridine rings is 2. The van der Waals surface area contributed by atoms with Crippen molar-refractivity contribution in [2.45, 2.75) is 20.0 Å². The second-order valence-corrected chi connectivity index (χ2v) is 6.46. The van der Waals surface area contributed by atoms with Gasteiger partial charge in [-0.15, -0.1) is 5.10 Å². The average Bonchev–Trinajstić information content (AvgIpc) is 3.02. The summed E-state index contributed by atoms with van der Waals surface area (Å²) in [5.74, 6) is -0.833. The molecular formula is C18H17ClN6O4. The largest absolute Gasteiger partial charge is 0.478 e. The highest BCUT2D eigenvalue weighted by molar-refractivity contribution is 6.30. The predicted molar refractivity (Wildman–Crippen MR) is 104 cm³/mol. The molecule has 0 bridgehead atoms. The molecule has 1 amide bonds. The van der Waals surface area contributed by atoms with Crippen LogP contribution in [0.4, 0.5) is 10.6 Å². The number of rotatable bonds is 5. The van der Waals surface area contributed by atoms with E-state index in [1.54, 1.807) is 33.0 Å². The third kappa shape index (κ3) is 4.32. The summed E-state index contributed by atoms with van der Waals surface area (Å²) in [4.78, 5) is 31.8. The Morgan fingerprint density at radius 2 is 2.07 bits per heavy atom. The van der Waals surface area contributed by atoms with Crippen LogP contribution in [0.1, 0.15) is 34.6 Å². The summed E-state index contributed by atoms with van der Waals surface area (Å²) in [6.45, 7) is 3.24. The van der Waals surface area contributed by atoms with E-state index in [-0.39, 0.29) is 22.2 Å². The van der Waals surface area contributed by atoms with E-state index in [4.69, 9.17) is 21.4 Å². The van der Waals surface area contributed by atoms with Gasteiger partial charge in [0.05, 0.1) is 17.0 Å². The number of halogens is 1. The molecule has 11 heteroatoms. The van der Waals surface area contributed by atoms with Gasteiger partial charge >= 0.3 is 12.1 Å². The van der Waals surface area contributed by atoms with Crippen molar-refractivity contribution >= 4 is 29.5 Å². The lowest BCUT2D eigenvalue weighted by molar-refractivity contribution is 0.0695. The molecular weight excluding hydrogens is 400 g/mol. The smallest absolute Gasteiger partial charge is 0.413 e. The molecule has 3 rings (SSSR count). The van der Waals surface area contributed by atoms with Crippen LogP contribution >= 0.6 is 11.6 Å². The van der Waals surface area contributed by atoms with Crippen LogP contribution in [-0.2, 0) is 11.8 Å². The number of hydrogen-bond acceptors (Lipinski definition) is 7. The minimum atomic E-state index is -1.08. The molecule has 150 valence electrons. The van der Waals surface area contributed by atoms with Crippen molar-refractivity contribution in [2.24, 2.45) is 7.05 Å². The Bertz CT molecular complexity index is 1080. The third-order valence-electron chi connectivity index (χ3n) is 4.12. The Morgan fingerprint density at radius 3 is 2.72 bits per heavy atom. The summed E-state index contributed by atoms with van der Waals surface area (Å²) in [5, 5.41) is 19.9. The molecule has 0 spiro atoms. The van der Waals surface area contributed by atoms with E-state index >= 15 is 0 Å². The quantitative estimate of drug-likeness (QED) is 0.605. The molecule has 0 fully saturated rings. The van der Waals surface area contributed by atoms with Crippen molar-refractivity contribution in [3.05, 3.63) is 52.4 Å². The highest BCUT2D eigenvalue weighted by Crippen LogP contribution is 2.27. The molecule has 0 aliphatic heterocycles. The molecule has 0 unspecified atom stereocenters. The van der Waals surface area contributed by atoms with Gasteiger partial charge in [-0.05, 0) is 32.0 Å². The molecule has 0 aliphatic rings. The van der Waals surface area contributed by atoms with Gasteiger partial charge in [-0.1, -0.05) is 22.9 Å². The predicted octanol–water partition coefficient (Wildman–Crippen LogP) is 3.24. The third-order valence-corrected chi connectivity index (χ3v) is 4.43. The zero-order chi connectivity index (χ0) is 21.1. The van der Waals surface area contributed by atoms with E-state index in [2.05, 4.69) is 25.6 Å². The summed E-state index contributed by atoms with van der Waals surface area (Å²) in [6, 6.07) is 6.32. The molecule has 10 nitrogen and oxygen atoms in total. The number of anilines is 1. The molecule has 0 saturated heterocycles. The number of carbonyl (C=O) groups is 2. The number of aryl methyl sites for hydroxylation is 2. The van der Waals surface area contributed by atoms with Gasteiger partial charge in [0.15, 0.2) is 11.5 Å². The van der Waals surface area contributed by atoms with Crippen LogP contribution in [0.25, 0.3) is 11.4 Å². The monoisotopic (exact) mass is 416 g/mol. The standard InChI is InChI=1S/C18H17ClN6O4/c1-9-11(17(26)27)6-7-13(21-9)14-16(25(3)24-23-14)22-18(28)29-10(2)12-5-4-8-20-15(12)19/h4-8,10H,1-3H3,(H,22,28)(H,26,27)/t10-/m1/s1. The lowest BCUT2D eigenvalue weighted by Gasteiger charge is -2.15. The van der Waals surface area contributed by atoms with E-state index in [0.29, 0.717) is 17.0 Å². The van der Waals surface area contributed by atoms with E-state index in [9.17, 15) is 9.59 Å². The zero-order valence-electron chi connectivity index (χ0n) is 15.8. The van der Waals surface area contributed by atoms with E-state index in [1.165, 1.54) is 23.0 Å². The molecule has 3 aromatic heterocycles. The fourth-order valence-electron chi connectivity index (χ4n) is 2.64. The SMILES string of the molecule is Cc1nc(-c2nnn(C)c2NC(=O)O[C@H](C)c2cccnc2Cl)ccc1C(=O)O. The Labute approximate surface area is 170 Å². The maximum Gasteiger partial charge on any atom is 0.413 e. The van der Waals surface area contributed by atoms with E-state index in [1.807, 2.05) is 0 Å². The van der Waals surface area contributed by atoms with Gasteiger partial charge in [0, 0.05) is 18.8 Å². The molecule has 2 N–H and O–H groups in total. The number of ether oxygens (including phenoxy) is 1. The van der Waals surface area contributed by atoms with Crippen molar-refractivity contribution < 1.29 is 19.4 Å². The lowest BCUT2D eigenvalue weighted by atomic mass is 10.1. The summed E-state index contributed by atoms with van der Waals surface area (Å²) in [6.07, 6.45) is 0.149. The van der Waals surface area contributed by atoms with Gasteiger partial charge in [0.25, 0.3) is 0 Å². The summed E-state index contributed by atoms with van der Waals surface area (Å²) in [5.41, 5.74) is 1.59. The first-order valence-electron chi connectivity index (χ1n) is 8.47. The first kappa shape index (κ1) is 20.2. The van der Waals surface area contributed by atoms with Crippen LogP contribution in [0, 0.1) is 6.92 Å². The number of carboxylic acids is 1. The Kier molecular flexibility index (Phi) is 5.74. The molecule has 0 aromatic carbocycles. The minimum absolute atomic E-state index is 0.0775. The van der Waals surface area contributed by atoms with E-state index in [0.717, 1.165) is 0 Å². The number of carbonyl (C=O) groups excluding carboxylic acids is 1. The first-order valence-corrected chi connectivity index (χ1v) is 8.84. The van der Waals surface area contributed by atoms with Crippen LogP contribution in [0.5, 0.6) is 0 Å². The van der Waals surface area contributed by atoms with Gasteiger partial charge in [-0.2, -0.15) is 0 Å². The fourth-order valence-corrected chi connectivity index (χ4v) is 2.91. The summed E-state index contributed by atoms with van der Waals surface area (Å²) < 4.78 is 6.72. The lowest BCUT2D eigenvalue weighted by Crippen LogP contribution is -2.18. The van der Waals surface area contributed by atoms with Crippen molar-refractivity contribution in [1.82, 2.24) is 25.0 Å². The molecule has 3 aromatic rings. The minimum Gasteiger partial charge on any atom is -0.478 e. The fraction of sp³-hybridized carbons (Fsp3) is 0.222. The number of aromatic nitrogens is 5. The van der Waals surface area contributed by atoms with Crippen LogP contribution in [-0.4, -0.2) is 42.1 Å². The van der Waals surface area contributed by atoms with Gasteiger partial charge in [0.1, 0.15) is 11.3 Å². The van der Waals surface area contributed by atoms with Crippen molar-refractivity contribution in [2.75, 3.05) is 5.32 Å². The highest BCUT2D eigenvalue weighted by Gasteiger charge is 2.21. The summed E-state index contributed by atoms with van der Waals surface area (Å²) >= 11 is 6.03. The van der Waals surface area contributed by atoms with Crippen molar-refractivity contribution in [3.8, 4) is 11.4 Å². The normalized spacial score (nSPS) is 11.7. The van der Waals surface area contributed by atoms with Gasteiger partial charge in [-0.3, -0.25) is 10.3 Å². The Hall–Kier alpha value is -3.53. The zero-order valence-corrected chi connectivity index (χ0v) is 16.5. The van der Waals surface area contributed by atoms with Crippen LogP contribution < -0.4 is 5.32 Å². The first-order chi connectivity index (χ1) is 13.8. The number of nitrogens with one attached hydrogen (secondary N) is 1. The maximum atomic E-state index is 12.4. The summed E-state index contributed by atoms with van der Waals surface area (Å²) in [7, 11) is 1.59. The maximum absolute atomic E-state index is 12.4. The number of aromatic carboxylic acids is 1. The van der Waals surface area contributed by atoms with Crippen LogP contribution in [0.2, 0.25) is 5.15 Å². The molecule has 0 aliphatic carbocycles. The molecule has 0 saturated carbocycles. The van der Waals surface area contributed by atoms with Crippen LogP contribution in [0.3, 0.4) is 0 Å². The topological polar surface area (TPSA) is 132 Å². The Morgan fingerprint density at radius 1 is 1.31 bits per heavy atom. The molecule has 0 radical (unpaired) electrons. The highest BCUT2D eigenvalue weighted by atomic mass is 35.5. The average molecular weight is 417 g/mol. The molecule has 3 heterocycles. The number of carboxylic acid groups (broad SMARTS) is 1. The van der Waals surface area contributed by atoms with Crippen molar-refractivity contribution in [1.29, 1.82) is 0 Å². The van der Waals surface area contributed by atoms with Gasteiger partial charge in [0.2, 0.25) is 0 Å².